The first-order chi connectivity index (χ1) is 11.3. The van der Waals surface area contributed by atoms with Crippen molar-refractivity contribution in [1.29, 1.82) is 0 Å². The third-order valence-corrected chi connectivity index (χ3v) is 6.11. The zero-order chi connectivity index (χ0) is 16.4. The number of nitrogens with zero attached hydrogens (tertiary/aromatic N) is 2. The first-order valence-electron chi connectivity index (χ1n) is 9.03. The Morgan fingerprint density at radius 2 is 2.00 bits per heavy atom. The number of thioether (sulfide) groups is 1. The van der Waals surface area contributed by atoms with Gasteiger partial charge in [0.15, 0.2) is 5.96 Å². The van der Waals surface area contributed by atoms with Gasteiger partial charge in [0.05, 0.1) is 26.4 Å². The van der Waals surface area contributed by atoms with E-state index in [2.05, 4.69) is 28.9 Å². The van der Waals surface area contributed by atoms with E-state index in [1.54, 1.807) is 7.11 Å². The average Bonchev–Trinajstić information content (AvgIpc) is 2.58. The van der Waals surface area contributed by atoms with Crippen molar-refractivity contribution in [2.24, 2.45) is 4.99 Å². The van der Waals surface area contributed by atoms with Crippen LogP contribution < -0.4 is 5.32 Å². The van der Waals surface area contributed by atoms with Gasteiger partial charge in [-0.2, -0.15) is 11.8 Å². The molecular weight excluding hydrogens is 437 g/mol. The summed E-state index contributed by atoms with van der Waals surface area (Å²) < 4.78 is 11.0. The summed E-state index contributed by atoms with van der Waals surface area (Å²) in [6.07, 6.45) is 6.93. The molecule has 0 amide bonds. The summed E-state index contributed by atoms with van der Waals surface area (Å²) in [5, 5.41) is 3.46. The Morgan fingerprint density at radius 3 is 2.71 bits per heavy atom. The van der Waals surface area contributed by atoms with Crippen LogP contribution in [0.4, 0.5) is 0 Å². The highest BCUT2D eigenvalue weighted by Crippen LogP contribution is 2.42. The Bertz CT molecular complexity index is 360. The van der Waals surface area contributed by atoms with E-state index in [9.17, 15) is 0 Å². The number of ether oxygens (including phenoxy) is 2. The van der Waals surface area contributed by atoms with Gasteiger partial charge in [0.2, 0.25) is 0 Å². The molecule has 1 saturated carbocycles. The Morgan fingerprint density at radius 1 is 1.21 bits per heavy atom. The van der Waals surface area contributed by atoms with Crippen LogP contribution >= 0.6 is 35.7 Å². The van der Waals surface area contributed by atoms with Gasteiger partial charge < -0.3 is 19.7 Å². The summed E-state index contributed by atoms with van der Waals surface area (Å²) in [4.78, 5) is 7.24. The van der Waals surface area contributed by atoms with Crippen molar-refractivity contribution in [3.8, 4) is 0 Å². The zero-order valence-corrected chi connectivity index (χ0v) is 18.4. The van der Waals surface area contributed by atoms with Gasteiger partial charge in [-0.25, -0.2) is 0 Å². The van der Waals surface area contributed by atoms with E-state index in [0.717, 1.165) is 25.6 Å². The van der Waals surface area contributed by atoms with Gasteiger partial charge in [0.25, 0.3) is 0 Å². The van der Waals surface area contributed by atoms with Gasteiger partial charge in [-0.1, -0.05) is 19.3 Å². The van der Waals surface area contributed by atoms with Crippen molar-refractivity contribution >= 4 is 41.7 Å². The van der Waals surface area contributed by atoms with Crippen LogP contribution in [0, 0.1) is 0 Å². The molecule has 1 spiro atoms. The Labute approximate surface area is 168 Å². The van der Waals surface area contributed by atoms with Crippen molar-refractivity contribution in [2.75, 3.05) is 58.9 Å². The lowest BCUT2D eigenvalue weighted by atomic mass is 9.87. The molecule has 24 heavy (non-hydrogen) atoms. The molecule has 5 nitrogen and oxygen atoms in total. The standard InChI is InChI=1S/C17H33N3O2S.HI/c1-3-18-16(19-9-11-22-13-12-21-2)20-10-14-23-17(15-20)7-5-4-6-8-17;/h3-15H2,1-2H3,(H,18,19);1H. The van der Waals surface area contributed by atoms with Crippen LogP contribution in [0.3, 0.4) is 0 Å². The van der Waals surface area contributed by atoms with Crippen molar-refractivity contribution < 1.29 is 9.47 Å². The lowest BCUT2D eigenvalue weighted by Gasteiger charge is -2.45. The average molecular weight is 471 g/mol. The maximum atomic E-state index is 5.52. The van der Waals surface area contributed by atoms with Crippen LogP contribution in [0.1, 0.15) is 39.0 Å². The summed E-state index contributed by atoms with van der Waals surface area (Å²) in [6, 6.07) is 0. The van der Waals surface area contributed by atoms with E-state index < -0.39 is 0 Å². The van der Waals surface area contributed by atoms with E-state index in [0.29, 0.717) is 31.1 Å². The molecule has 1 heterocycles. The minimum absolute atomic E-state index is 0. The quantitative estimate of drug-likeness (QED) is 0.268. The predicted octanol–water partition coefficient (Wildman–Crippen LogP) is 2.98. The Kier molecular flexibility index (Phi) is 11.7. The van der Waals surface area contributed by atoms with Crippen LogP contribution in [-0.2, 0) is 9.47 Å². The molecule has 7 heteroatoms. The number of guanidine groups is 1. The number of hydrogen-bond donors (Lipinski definition) is 1. The monoisotopic (exact) mass is 471 g/mol. The SMILES string of the molecule is CCNC(=NCCOCCOC)N1CCSC2(CCCCC2)C1.I. The molecule has 2 aliphatic rings. The first kappa shape index (κ1) is 22.3. The zero-order valence-electron chi connectivity index (χ0n) is 15.2. The van der Waals surface area contributed by atoms with E-state index >= 15 is 0 Å². The third kappa shape index (κ3) is 7.25. The largest absolute Gasteiger partial charge is 0.382 e. The van der Waals surface area contributed by atoms with Crippen molar-refractivity contribution in [2.45, 2.75) is 43.8 Å². The van der Waals surface area contributed by atoms with E-state index in [1.165, 1.54) is 37.9 Å². The van der Waals surface area contributed by atoms with Crippen molar-refractivity contribution in [1.82, 2.24) is 10.2 Å². The van der Waals surface area contributed by atoms with Gasteiger partial charge in [-0.15, -0.1) is 24.0 Å². The highest BCUT2D eigenvalue weighted by atomic mass is 127. The number of hydrogen-bond acceptors (Lipinski definition) is 4. The van der Waals surface area contributed by atoms with Gasteiger partial charge in [-0.3, -0.25) is 4.99 Å². The van der Waals surface area contributed by atoms with Crippen LogP contribution in [0.5, 0.6) is 0 Å². The molecule has 0 atom stereocenters. The minimum atomic E-state index is 0. The predicted molar refractivity (Wildman–Crippen MR) is 114 cm³/mol. The Hall–Kier alpha value is 0.270. The summed E-state index contributed by atoms with van der Waals surface area (Å²) in [5.41, 5.74) is 0. The maximum Gasteiger partial charge on any atom is 0.194 e. The van der Waals surface area contributed by atoms with Crippen molar-refractivity contribution in [3.63, 3.8) is 0 Å². The fraction of sp³-hybridized carbons (Fsp3) is 0.941. The number of methoxy groups -OCH3 is 1. The molecule has 1 aliphatic carbocycles. The summed E-state index contributed by atoms with van der Waals surface area (Å²) in [6.45, 7) is 7.97. The molecule has 2 fully saturated rings. The molecule has 0 bridgehead atoms. The molecule has 0 radical (unpaired) electrons. The lowest BCUT2D eigenvalue weighted by molar-refractivity contribution is 0.0747. The molecule has 1 aliphatic heterocycles. The molecule has 1 saturated heterocycles. The van der Waals surface area contributed by atoms with Crippen LogP contribution in [-0.4, -0.2) is 74.5 Å². The van der Waals surface area contributed by atoms with Crippen LogP contribution in [0.25, 0.3) is 0 Å². The molecule has 1 N–H and O–H groups in total. The van der Waals surface area contributed by atoms with Gasteiger partial charge in [0.1, 0.15) is 0 Å². The second-order valence-electron chi connectivity index (χ2n) is 6.35. The first-order valence-corrected chi connectivity index (χ1v) is 10.0. The minimum Gasteiger partial charge on any atom is -0.382 e. The Balaban J connectivity index is 0.00000288. The van der Waals surface area contributed by atoms with Gasteiger partial charge >= 0.3 is 0 Å². The fourth-order valence-corrected chi connectivity index (χ4v) is 4.98. The van der Waals surface area contributed by atoms with Crippen molar-refractivity contribution in [3.05, 3.63) is 0 Å². The third-order valence-electron chi connectivity index (χ3n) is 4.58. The molecule has 142 valence electrons. The highest BCUT2D eigenvalue weighted by Gasteiger charge is 2.38. The molecular formula is C17H34IN3O2S. The number of halogens is 1. The van der Waals surface area contributed by atoms with E-state index in [1.807, 2.05) is 0 Å². The topological polar surface area (TPSA) is 46.1 Å². The normalized spacial score (nSPS) is 20.8. The second kappa shape index (κ2) is 12.6. The molecule has 0 aromatic heterocycles. The summed E-state index contributed by atoms with van der Waals surface area (Å²) >= 11 is 2.20. The van der Waals surface area contributed by atoms with Crippen LogP contribution in [0.15, 0.2) is 4.99 Å². The van der Waals surface area contributed by atoms with E-state index in [4.69, 9.17) is 14.5 Å². The maximum absolute atomic E-state index is 5.52. The molecule has 0 unspecified atom stereocenters. The van der Waals surface area contributed by atoms with Crippen LogP contribution in [0.2, 0.25) is 0 Å². The second-order valence-corrected chi connectivity index (χ2v) is 7.92. The van der Waals surface area contributed by atoms with E-state index in [-0.39, 0.29) is 24.0 Å². The molecule has 0 aromatic carbocycles. The lowest BCUT2D eigenvalue weighted by Crippen LogP contribution is -2.53. The molecule has 2 rings (SSSR count). The number of rotatable bonds is 7. The number of nitrogens with one attached hydrogen (secondary N) is 1. The highest BCUT2D eigenvalue weighted by molar-refractivity contribution is 14.0. The van der Waals surface area contributed by atoms with Gasteiger partial charge in [0, 0.05) is 37.2 Å². The summed E-state index contributed by atoms with van der Waals surface area (Å²) in [7, 11) is 1.69. The van der Waals surface area contributed by atoms with Gasteiger partial charge in [-0.05, 0) is 19.8 Å². The number of aliphatic imine (C=N–C) groups is 1. The fourth-order valence-electron chi connectivity index (χ4n) is 3.41. The smallest absolute Gasteiger partial charge is 0.194 e. The summed E-state index contributed by atoms with van der Waals surface area (Å²) in [5.74, 6) is 2.28. The molecule has 0 aromatic rings.